The molecular weight excluding hydrogens is 234 g/mol. The van der Waals surface area contributed by atoms with Crippen LogP contribution < -0.4 is 5.32 Å². The average molecular weight is 247 g/mol. The zero-order valence-corrected chi connectivity index (χ0v) is 9.10. The summed E-state index contributed by atoms with van der Waals surface area (Å²) < 4.78 is 49.0. The van der Waals surface area contributed by atoms with Gasteiger partial charge in [-0.3, -0.25) is 0 Å². The van der Waals surface area contributed by atoms with Gasteiger partial charge in [-0.05, 0) is 17.5 Å². The molecule has 1 aromatic carbocycles. The Morgan fingerprint density at radius 2 is 2.00 bits per heavy atom. The maximum absolute atomic E-state index is 12.6. The van der Waals surface area contributed by atoms with Crippen LogP contribution in [0.15, 0.2) is 24.3 Å². The molecular formula is C12H13F4N. The molecule has 0 aromatic heterocycles. The molecule has 0 amide bonds. The van der Waals surface area contributed by atoms with Gasteiger partial charge in [0.25, 0.3) is 0 Å². The summed E-state index contributed by atoms with van der Waals surface area (Å²) in [5.74, 6) is -3.77. The fourth-order valence-electron chi connectivity index (χ4n) is 2.04. The molecule has 5 heteroatoms. The number of halogens is 4. The van der Waals surface area contributed by atoms with Crippen molar-refractivity contribution in [1.82, 2.24) is 5.32 Å². The second-order valence-electron chi connectivity index (χ2n) is 4.29. The van der Waals surface area contributed by atoms with Crippen LogP contribution in [0.1, 0.15) is 17.0 Å². The van der Waals surface area contributed by atoms with E-state index in [0.717, 1.165) is 12.0 Å². The van der Waals surface area contributed by atoms with Crippen molar-refractivity contribution < 1.29 is 17.6 Å². The number of hydrogen-bond acceptors (Lipinski definition) is 1. The van der Waals surface area contributed by atoms with E-state index in [1.54, 1.807) is 0 Å². The summed E-state index contributed by atoms with van der Waals surface area (Å²) in [6.07, 6.45) is -2.78. The van der Waals surface area contributed by atoms with E-state index in [2.05, 4.69) is 5.32 Å². The van der Waals surface area contributed by atoms with E-state index in [4.69, 9.17) is 0 Å². The van der Waals surface area contributed by atoms with Crippen LogP contribution >= 0.6 is 0 Å². The Hall–Kier alpha value is -1.10. The largest absolute Gasteiger partial charge is 0.319 e. The molecule has 1 unspecified atom stereocenters. The highest BCUT2D eigenvalue weighted by atomic mass is 19.3. The Morgan fingerprint density at radius 3 is 2.65 bits per heavy atom. The van der Waals surface area contributed by atoms with Crippen LogP contribution in [0.3, 0.4) is 0 Å². The van der Waals surface area contributed by atoms with Gasteiger partial charge in [-0.2, -0.15) is 8.78 Å². The Kier molecular flexibility index (Phi) is 3.38. The van der Waals surface area contributed by atoms with Gasteiger partial charge < -0.3 is 5.32 Å². The highest BCUT2D eigenvalue weighted by Crippen LogP contribution is 2.34. The SMILES string of the molecule is FC(F)C(F)(F)CNCC1Cc2ccccc21. The van der Waals surface area contributed by atoms with E-state index in [0.29, 0.717) is 6.54 Å². The summed E-state index contributed by atoms with van der Waals surface area (Å²) in [4.78, 5) is 0. The topological polar surface area (TPSA) is 12.0 Å². The number of alkyl halides is 4. The normalized spacial score (nSPS) is 19.0. The molecule has 0 heterocycles. The molecule has 0 spiro atoms. The first-order valence-electron chi connectivity index (χ1n) is 5.45. The lowest BCUT2D eigenvalue weighted by Gasteiger charge is -2.30. The first-order valence-corrected chi connectivity index (χ1v) is 5.45. The molecule has 1 nitrogen and oxygen atoms in total. The quantitative estimate of drug-likeness (QED) is 0.789. The van der Waals surface area contributed by atoms with Crippen LogP contribution in [0.4, 0.5) is 17.6 Å². The van der Waals surface area contributed by atoms with E-state index >= 15 is 0 Å². The first-order chi connectivity index (χ1) is 8.00. The van der Waals surface area contributed by atoms with Crippen LogP contribution in [-0.2, 0) is 6.42 Å². The highest BCUT2D eigenvalue weighted by Gasteiger charge is 2.40. The monoisotopic (exact) mass is 247 g/mol. The van der Waals surface area contributed by atoms with Crippen molar-refractivity contribution in [2.24, 2.45) is 0 Å². The predicted octanol–water partition coefficient (Wildman–Crippen LogP) is 2.82. The smallest absolute Gasteiger partial charge is 0.310 e. The average Bonchev–Trinajstić information content (AvgIpc) is 2.24. The van der Waals surface area contributed by atoms with Gasteiger partial charge in [-0.25, -0.2) is 8.78 Å². The van der Waals surface area contributed by atoms with Gasteiger partial charge in [0.05, 0.1) is 6.54 Å². The van der Waals surface area contributed by atoms with E-state index in [1.165, 1.54) is 5.56 Å². The van der Waals surface area contributed by atoms with Crippen LogP contribution in [0.5, 0.6) is 0 Å². The van der Waals surface area contributed by atoms with Crippen LogP contribution in [0.2, 0.25) is 0 Å². The van der Waals surface area contributed by atoms with Crippen molar-refractivity contribution in [2.45, 2.75) is 24.7 Å². The molecule has 0 fully saturated rings. The van der Waals surface area contributed by atoms with Gasteiger partial charge >= 0.3 is 12.3 Å². The minimum absolute atomic E-state index is 0.166. The van der Waals surface area contributed by atoms with Crippen molar-refractivity contribution in [1.29, 1.82) is 0 Å². The van der Waals surface area contributed by atoms with Gasteiger partial charge in [-0.15, -0.1) is 0 Å². The Balaban J connectivity index is 1.79. The lowest BCUT2D eigenvalue weighted by molar-refractivity contribution is -0.125. The number of hydrogen-bond donors (Lipinski definition) is 1. The molecule has 0 saturated heterocycles. The van der Waals surface area contributed by atoms with Crippen LogP contribution in [-0.4, -0.2) is 25.4 Å². The van der Waals surface area contributed by atoms with Gasteiger partial charge in [0.1, 0.15) is 0 Å². The standard InChI is InChI=1S/C12H13F4N/c13-11(14)12(15,16)7-17-6-9-5-8-3-1-2-4-10(8)9/h1-4,9,11,17H,5-7H2. The predicted molar refractivity (Wildman–Crippen MR) is 56.7 cm³/mol. The number of rotatable bonds is 5. The van der Waals surface area contributed by atoms with Crippen LogP contribution in [0.25, 0.3) is 0 Å². The lowest BCUT2D eigenvalue weighted by atomic mass is 9.77. The fourth-order valence-corrected chi connectivity index (χ4v) is 2.04. The maximum Gasteiger partial charge on any atom is 0.319 e. The van der Waals surface area contributed by atoms with E-state index in [9.17, 15) is 17.6 Å². The number of benzene rings is 1. The van der Waals surface area contributed by atoms with Crippen molar-refractivity contribution in [2.75, 3.05) is 13.1 Å². The Labute approximate surface area is 96.8 Å². The third-order valence-electron chi connectivity index (χ3n) is 3.03. The summed E-state index contributed by atoms with van der Waals surface area (Å²) in [5.41, 5.74) is 2.33. The fraction of sp³-hybridized carbons (Fsp3) is 0.500. The van der Waals surface area contributed by atoms with Gasteiger partial charge in [-0.1, -0.05) is 24.3 Å². The van der Waals surface area contributed by atoms with Crippen molar-refractivity contribution >= 4 is 0 Å². The maximum atomic E-state index is 12.6. The number of fused-ring (bicyclic) bond motifs is 1. The molecule has 0 aliphatic heterocycles. The summed E-state index contributed by atoms with van der Waals surface area (Å²) in [6, 6.07) is 7.74. The van der Waals surface area contributed by atoms with Gasteiger partial charge in [0.15, 0.2) is 0 Å². The summed E-state index contributed by atoms with van der Waals surface area (Å²) >= 11 is 0. The summed E-state index contributed by atoms with van der Waals surface area (Å²) in [7, 11) is 0. The Bertz CT molecular complexity index is 392. The number of nitrogens with one attached hydrogen (secondary N) is 1. The van der Waals surface area contributed by atoms with Crippen molar-refractivity contribution in [3.63, 3.8) is 0 Å². The second kappa shape index (κ2) is 4.64. The van der Waals surface area contributed by atoms with Crippen molar-refractivity contribution in [3.05, 3.63) is 35.4 Å². The molecule has 0 radical (unpaired) electrons. The zero-order chi connectivity index (χ0) is 12.5. The molecule has 0 saturated carbocycles. The molecule has 0 bridgehead atoms. The highest BCUT2D eigenvalue weighted by molar-refractivity contribution is 5.40. The second-order valence-corrected chi connectivity index (χ2v) is 4.29. The molecule has 1 aliphatic rings. The van der Waals surface area contributed by atoms with Crippen molar-refractivity contribution in [3.8, 4) is 0 Å². The molecule has 2 rings (SSSR count). The lowest BCUT2D eigenvalue weighted by Crippen LogP contribution is -2.41. The minimum Gasteiger partial charge on any atom is -0.310 e. The zero-order valence-electron chi connectivity index (χ0n) is 9.10. The molecule has 1 aliphatic carbocycles. The Morgan fingerprint density at radius 1 is 1.29 bits per heavy atom. The van der Waals surface area contributed by atoms with Crippen LogP contribution in [0, 0.1) is 0 Å². The minimum atomic E-state index is -3.94. The third-order valence-corrected chi connectivity index (χ3v) is 3.03. The summed E-state index contributed by atoms with van der Waals surface area (Å²) in [5, 5.41) is 2.42. The molecule has 1 atom stereocenters. The van der Waals surface area contributed by atoms with Gasteiger partial charge in [0.2, 0.25) is 0 Å². The molecule has 94 valence electrons. The first kappa shape index (κ1) is 12.4. The van der Waals surface area contributed by atoms with E-state index in [1.807, 2.05) is 24.3 Å². The van der Waals surface area contributed by atoms with Gasteiger partial charge in [0, 0.05) is 12.5 Å². The summed E-state index contributed by atoms with van der Waals surface area (Å²) in [6.45, 7) is -0.650. The molecule has 17 heavy (non-hydrogen) atoms. The van der Waals surface area contributed by atoms with E-state index < -0.39 is 18.9 Å². The molecule has 1 aromatic rings. The molecule has 1 N–H and O–H groups in total. The third kappa shape index (κ3) is 2.60. The van der Waals surface area contributed by atoms with E-state index in [-0.39, 0.29) is 5.92 Å².